The van der Waals surface area contributed by atoms with Crippen LogP contribution in [0, 0.1) is 5.92 Å². The van der Waals surface area contributed by atoms with Gasteiger partial charge in [0.1, 0.15) is 12.7 Å². The van der Waals surface area contributed by atoms with Crippen molar-refractivity contribution >= 4 is 5.97 Å². The van der Waals surface area contributed by atoms with Crippen LogP contribution in [0.5, 0.6) is 0 Å². The third-order valence-electron chi connectivity index (χ3n) is 2.62. The number of halogens is 1. The maximum atomic E-state index is 11.6. The molecule has 102 valence electrons. The normalized spacial score (nSPS) is 13.6. The number of ether oxygens (including phenoxy) is 1. The summed E-state index contributed by atoms with van der Waals surface area (Å²) < 4.78 is 5.10. The number of quaternary nitrogens is 1. The van der Waals surface area contributed by atoms with Crippen LogP contribution >= 0.6 is 0 Å². The molecule has 0 spiro atoms. The van der Waals surface area contributed by atoms with E-state index in [1.54, 1.807) is 0 Å². The van der Waals surface area contributed by atoms with Gasteiger partial charge in [0.15, 0.2) is 0 Å². The number of hydrogen-bond acceptors (Lipinski definition) is 3. The summed E-state index contributed by atoms with van der Waals surface area (Å²) in [6.45, 7) is 3.90. The molecule has 0 saturated carbocycles. The molecule has 0 aliphatic heterocycles. The highest BCUT2D eigenvalue weighted by Gasteiger charge is 2.30. The van der Waals surface area contributed by atoms with Crippen molar-refractivity contribution in [2.75, 3.05) is 0 Å². The Kier molecular flexibility index (Phi) is 7.59. The average molecular weight is 274 g/mol. The lowest BCUT2D eigenvalue weighted by Gasteiger charge is -2.17. The van der Waals surface area contributed by atoms with Gasteiger partial charge in [-0.25, -0.2) is 4.79 Å². The minimum atomic E-state index is -0.765. The van der Waals surface area contributed by atoms with Crippen LogP contribution in [0.15, 0.2) is 30.3 Å². The minimum absolute atomic E-state index is 0. The van der Waals surface area contributed by atoms with E-state index in [-0.39, 0.29) is 24.9 Å². The van der Waals surface area contributed by atoms with Crippen molar-refractivity contribution in [2.24, 2.45) is 5.92 Å². The van der Waals surface area contributed by atoms with Gasteiger partial charge in [0.2, 0.25) is 6.04 Å². The Balaban J connectivity index is 0.00000289. The highest BCUT2D eigenvalue weighted by molar-refractivity contribution is 5.74. The molecule has 2 atom stereocenters. The molecule has 0 aliphatic carbocycles. The van der Waals surface area contributed by atoms with Crippen molar-refractivity contribution in [3.63, 3.8) is 0 Å². The summed E-state index contributed by atoms with van der Waals surface area (Å²) in [5.74, 6) is -0.475. The van der Waals surface area contributed by atoms with Crippen LogP contribution in [-0.2, 0) is 16.1 Å². The maximum Gasteiger partial charge on any atom is 0.367 e. The molecule has 0 aromatic heterocycles. The predicted molar refractivity (Wildman–Crippen MR) is 63.8 cm³/mol. The van der Waals surface area contributed by atoms with E-state index in [2.05, 4.69) is 5.73 Å². The number of benzene rings is 1. The fourth-order valence-corrected chi connectivity index (χ4v) is 1.44. The standard InChI is InChI=1S/C13H19NO3.ClH/c1-9(2)12(15)11(14)13(16)17-8-10-6-4-3-5-7-10;/h3-7,9,11-12,15H,8,14H2,1-2H3;1H. The van der Waals surface area contributed by atoms with Crippen molar-refractivity contribution in [1.82, 2.24) is 0 Å². The van der Waals surface area contributed by atoms with Crippen molar-refractivity contribution < 1.29 is 32.8 Å². The molecule has 4 N–H and O–H groups in total. The molecule has 0 amide bonds. The van der Waals surface area contributed by atoms with Crippen LogP contribution in [0.4, 0.5) is 0 Å². The van der Waals surface area contributed by atoms with Crippen molar-refractivity contribution in [2.45, 2.75) is 32.6 Å². The van der Waals surface area contributed by atoms with Gasteiger partial charge in [-0.1, -0.05) is 44.2 Å². The Hall–Kier alpha value is -1.10. The first-order chi connectivity index (χ1) is 8.02. The largest absolute Gasteiger partial charge is 1.00 e. The van der Waals surface area contributed by atoms with E-state index in [1.165, 1.54) is 0 Å². The van der Waals surface area contributed by atoms with E-state index in [0.29, 0.717) is 0 Å². The quantitative estimate of drug-likeness (QED) is 0.576. The molecule has 2 unspecified atom stereocenters. The average Bonchev–Trinajstić information content (AvgIpc) is 2.35. The first kappa shape index (κ1) is 16.9. The third-order valence-corrected chi connectivity index (χ3v) is 2.62. The van der Waals surface area contributed by atoms with E-state index < -0.39 is 18.1 Å². The molecule has 5 heteroatoms. The summed E-state index contributed by atoms with van der Waals surface area (Å²) in [6, 6.07) is 8.69. The Labute approximate surface area is 114 Å². The van der Waals surface area contributed by atoms with Crippen LogP contribution in [-0.4, -0.2) is 23.2 Å². The zero-order valence-corrected chi connectivity index (χ0v) is 11.4. The Morgan fingerprint density at radius 2 is 1.89 bits per heavy atom. The molecule has 0 bridgehead atoms. The second-order valence-corrected chi connectivity index (χ2v) is 4.43. The molecule has 0 fully saturated rings. The van der Waals surface area contributed by atoms with Crippen LogP contribution in [0.2, 0.25) is 0 Å². The highest BCUT2D eigenvalue weighted by atomic mass is 35.5. The summed E-state index contributed by atoms with van der Waals surface area (Å²) >= 11 is 0. The smallest absolute Gasteiger partial charge is 0.367 e. The first-order valence-corrected chi connectivity index (χ1v) is 5.74. The van der Waals surface area contributed by atoms with E-state index >= 15 is 0 Å². The minimum Gasteiger partial charge on any atom is -1.00 e. The van der Waals surface area contributed by atoms with Crippen molar-refractivity contribution in [3.05, 3.63) is 35.9 Å². The van der Waals surface area contributed by atoms with Gasteiger partial charge < -0.3 is 28.0 Å². The molecule has 0 aliphatic rings. The Morgan fingerprint density at radius 3 is 2.39 bits per heavy atom. The SMILES string of the molecule is CC(C)C(O)C([NH3+])C(=O)OCc1ccccc1.[Cl-]. The number of carbonyl (C=O) groups excluding carboxylic acids is 1. The van der Waals surface area contributed by atoms with Crippen LogP contribution in [0.3, 0.4) is 0 Å². The summed E-state index contributed by atoms with van der Waals surface area (Å²) in [4.78, 5) is 11.6. The first-order valence-electron chi connectivity index (χ1n) is 5.74. The lowest BCUT2D eigenvalue weighted by atomic mass is 10.0. The molecule has 0 saturated heterocycles. The van der Waals surface area contributed by atoms with E-state index in [4.69, 9.17) is 4.74 Å². The van der Waals surface area contributed by atoms with Gasteiger partial charge in [0.25, 0.3) is 0 Å². The maximum absolute atomic E-state index is 11.6. The van der Waals surface area contributed by atoms with E-state index in [1.807, 2.05) is 44.2 Å². The Morgan fingerprint density at radius 1 is 1.33 bits per heavy atom. The second-order valence-electron chi connectivity index (χ2n) is 4.43. The monoisotopic (exact) mass is 273 g/mol. The predicted octanol–water partition coefficient (Wildman–Crippen LogP) is -2.64. The van der Waals surface area contributed by atoms with E-state index in [9.17, 15) is 9.90 Å². The number of aliphatic hydroxyl groups excluding tert-OH is 1. The van der Waals surface area contributed by atoms with Crippen molar-refractivity contribution in [1.29, 1.82) is 0 Å². The van der Waals surface area contributed by atoms with Gasteiger partial charge in [-0.15, -0.1) is 0 Å². The summed E-state index contributed by atoms with van der Waals surface area (Å²) in [5.41, 5.74) is 4.57. The van der Waals surface area contributed by atoms with Gasteiger partial charge in [-0.3, -0.25) is 0 Å². The van der Waals surface area contributed by atoms with E-state index in [0.717, 1.165) is 5.56 Å². The molecule has 0 radical (unpaired) electrons. The zero-order valence-electron chi connectivity index (χ0n) is 10.7. The van der Waals surface area contributed by atoms with Gasteiger partial charge in [-0.2, -0.15) is 0 Å². The Bertz CT molecular complexity index is 357. The molecular weight excluding hydrogens is 254 g/mol. The summed E-state index contributed by atoms with van der Waals surface area (Å²) in [6.07, 6.45) is -0.765. The number of carbonyl (C=O) groups is 1. The van der Waals surface area contributed by atoms with Crippen LogP contribution in [0.25, 0.3) is 0 Å². The summed E-state index contributed by atoms with van der Waals surface area (Å²) in [5, 5.41) is 9.70. The lowest BCUT2D eigenvalue weighted by Crippen LogP contribution is -3.00. The fraction of sp³-hybridized carbons (Fsp3) is 0.462. The highest BCUT2D eigenvalue weighted by Crippen LogP contribution is 2.06. The fourth-order valence-electron chi connectivity index (χ4n) is 1.44. The molecule has 1 rings (SSSR count). The molecule has 4 nitrogen and oxygen atoms in total. The van der Waals surface area contributed by atoms with Gasteiger partial charge in [0, 0.05) is 0 Å². The zero-order chi connectivity index (χ0) is 12.8. The number of hydrogen-bond donors (Lipinski definition) is 2. The summed E-state index contributed by atoms with van der Waals surface area (Å²) in [7, 11) is 0. The van der Waals surface area contributed by atoms with Crippen LogP contribution < -0.4 is 18.1 Å². The van der Waals surface area contributed by atoms with Gasteiger partial charge in [0.05, 0.1) is 0 Å². The molecule has 0 heterocycles. The van der Waals surface area contributed by atoms with Gasteiger partial charge in [-0.05, 0) is 11.5 Å². The molecular formula is C13H20ClNO3. The topological polar surface area (TPSA) is 74.2 Å². The number of esters is 1. The van der Waals surface area contributed by atoms with Gasteiger partial charge >= 0.3 is 5.97 Å². The second kappa shape index (κ2) is 8.08. The number of aliphatic hydroxyl groups is 1. The molecule has 1 aromatic carbocycles. The van der Waals surface area contributed by atoms with Crippen LogP contribution in [0.1, 0.15) is 19.4 Å². The lowest BCUT2D eigenvalue weighted by molar-refractivity contribution is -0.428. The molecule has 1 aromatic rings. The van der Waals surface area contributed by atoms with Crippen molar-refractivity contribution in [3.8, 4) is 0 Å². The molecule has 18 heavy (non-hydrogen) atoms. The third kappa shape index (κ3) is 5.04. The number of rotatable bonds is 5.